The van der Waals surface area contributed by atoms with Crippen molar-refractivity contribution in [2.24, 2.45) is 0 Å². The van der Waals surface area contributed by atoms with E-state index in [0.29, 0.717) is 5.82 Å². The number of benzene rings is 1. The molecule has 0 unspecified atom stereocenters. The largest absolute Gasteiger partial charge is 0.497 e. The van der Waals surface area contributed by atoms with E-state index in [2.05, 4.69) is 21.8 Å². The predicted octanol–water partition coefficient (Wildman–Crippen LogP) is 5.14. The van der Waals surface area contributed by atoms with Gasteiger partial charge in [0.05, 0.1) is 17.3 Å². The van der Waals surface area contributed by atoms with Gasteiger partial charge in [0.2, 0.25) is 0 Å². The van der Waals surface area contributed by atoms with Gasteiger partial charge in [0.25, 0.3) is 0 Å². The van der Waals surface area contributed by atoms with E-state index in [1.807, 2.05) is 51.1 Å². The van der Waals surface area contributed by atoms with Crippen LogP contribution in [0.1, 0.15) is 31.3 Å². The molecule has 2 heterocycles. The van der Waals surface area contributed by atoms with Gasteiger partial charge in [-0.3, -0.25) is 4.90 Å². The Balaban J connectivity index is 1.64. The van der Waals surface area contributed by atoms with Crippen LogP contribution in [0.15, 0.2) is 42.6 Å². The second kappa shape index (κ2) is 8.97. The van der Waals surface area contributed by atoms with E-state index in [9.17, 15) is 4.79 Å². The van der Waals surface area contributed by atoms with E-state index >= 15 is 0 Å². The van der Waals surface area contributed by atoms with Crippen molar-refractivity contribution in [3.63, 3.8) is 0 Å². The Morgan fingerprint density at radius 1 is 1.23 bits per heavy atom. The van der Waals surface area contributed by atoms with Crippen molar-refractivity contribution in [1.82, 2.24) is 9.97 Å². The number of carbonyl (C=O) groups excluding carboxylic acids is 1. The molecule has 0 spiro atoms. The minimum absolute atomic E-state index is 0.453. The first kappa shape index (κ1) is 21.3. The van der Waals surface area contributed by atoms with Crippen LogP contribution in [0.3, 0.4) is 0 Å². The minimum Gasteiger partial charge on any atom is -0.497 e. The maximum absolute atomic E-state index is 12.1. The average Bonchev–Trinajstić information content (AvgIpc) is 3.11. The minimum atomic E-state index is -0.557. The molecule has 0 radical (unpaired) electrons. The fraction of sp³-hybridized carbons (Fsp3) is 0.261. The highest BCUT2D eigenvalue weighted by Gasteiger charge is 2.21. The van der Waals surface area contributed by atoms with Crippen molar-refractivity contribution in [2.75, 3.05) is 19.1 Å². The van der Waals surface area contributed by atoms with Crippen LogP contribution in [0.2, 0.25) is 0 Å². The molecule has 3 rings (SSSR count). The molecule has 1 amide bonds. The zero-order valence-electron chi connectivity index (χ0n) is 17.6. The lowest BCUT2D eigenvalue weighted by atomic mass is 10.2. The van der Waals surface area contributed by atoms with Crippen molar-refractivity contribution in [3.8, 4) is 17.6 Å². The Morgan fingerprint density at radius 3 is 2.70 bits per heavy atom. The number of thiazole rings is 1. The van der Waals surface area contributed by atoms with E-state index in [1.165, 1.54) is 4.90 Å². The number of rotatable bonds is 3. The van der Waals surface area contributed by atoms with E-state index in [0.717, 1.165) is 26.5 Å². The monoisotopic (exact) mass is 421 g/mol. The molecule has 0 aliphatic rings. The van der Waals surface area contributed by atoms with E-state index in [1.54, 1.807) is 43.8 Å². The number of ether oxygens (including phenoxy) is 2. The third-order valence-electron chi connectivity index (χ3n) is 3.90. The molecule has 0 aliphatic carbocycles. The van der Waals surface area contributed by atoms with Gasteiger partial charge in [-0.1, -0.05) is 11.8 Å². The van der Waals surface area contributed by atoms with Crippen LogP contribution in [-0.4, -0.2) is 35.8 Å². The summed E-state index contributed by atoms with van der Waals surface area (Å²) in [5, 5.41) is 0.875. The van der Waals surface area contributed by atoms with E-state index in [4.69, 9.17) is 9.47 Å². The quantitative estimate of drug-likeness (QED) is 0.548. The van der Waals surface area contributed by atoms with Gasteiger partial charge in [-0.2, -0.15) is 0 Å². The number of allylic oxidation sites excluding steroid dienone is 1. The molecular weight excluding hydrogens is 398 g/mol. The first-order valence-electron chi connectivity index (χ1n) is 9.30. The number of hydrogen-bond acceptors (Lipinski definition) is 6. The normalized spacial score (nSPS) is 11.2. The van der Waals surface area contributed by atoms with Crippen molar-refractivity contribution >= 4 is 39.5 Å². The summed E-state index contributed by atoms with van der Waals surface area (Å²) in [7, 11) is 3.27. The first-order chi connectivity index (χ1) is 14.2. The van der Waals surface area contributed by atoms with Crippen molar-refractivity contribution < 1.29 is 14.3 Å². The summed E-state index contributed by atoms with van der Waals surface area (Å²) < 4.78 is 11.6. The number of methoxy groups -OCH3 is 1. The number of nitrogens with zero attached hydrogens (tertiary/aromatic N) is 3. The average molecular weight is 422 g/mol. The maximum Gasteiger partial charge on any atom is 0.415 e. The van der Waals surface area contributed by atoms with Gasteiger partial charge in [-0.25, -0.2) is 14.8 Å². The summed E-state index contributed by atoms with van der Waals surface area (Å²) >= 11 is 1.58. The molecule has 3 aromatic rings. The van der Waals surface area contributed by atoms with Gasteiger partial charge in [-0.15, -0.1) is 11.3 Å². The van der Waals surface area contributed by atoms with Gasteiger partial charge >= 0.3 is 6.09 Å². The fourth-order valence-electron chi connectivity index (χ4n) is 2.44. The second-order valence-corrected chi connectivity index (χ2v) is 8.50. The molecular formula is C23H23N3O3S. The molecule has 0 N–H and O–H groups in total. The van der Waals surface area contributed by atoms with Crippen LogP contribution < -0.4 is 9.64 Å². The molecule has 0 bridgehead atoms. The van der Waals surface area contributed by atoms with Crippen LogP contribution in [-0.2, 0) is 4.74 Å². The zero-order valence-corrected chi connectivity index (χ0v) is 18.4. The smallest absolute Gasteiger partial charge is 0.415 e. The molecule has 0 fully saturated rings. The summed E-state index contributed by atoms with van der Waals surface area (Å²) in [6, 6.07) is 9.35. The molecule has 2 aromatic heterocycles. The highest BCUT2D eigenvalue weighted by Crippen LogP contribution is 2.26. The lowest BCUT2D eigenvalue weighted by Crippen LogP contribution is -2.34. The molecule has 30 heavy (non-hydrogen) atoms. The number of anilines is 1. The highest BCUT2D eigenvalue weighted by molar-refractivity contribution is 7.19. The van der Waals surface area contributed by atoms with Gasteiger partial charge in [0.15, 0.2) is 0 Å². The van der Waals surface area contributed by atoms with Gasteiger partial charge in [0, 0.05) is 18.8 Å². The summed E-state index contributed by atoms with van der Waals surface area (Å²) in [5.41, 5.74) is 1.12. The van der Waals surface area contributed by atoms with Crippen LogP contribution >= 0.6 is 11.3 Å². The van der Waals surface area contributed by atoms with Crippen LogP contribution in [0.5, 0.6) is 5.75 Å². The van der Waals surface area contributed by atoms with E-state index in [-0.39, 0.29) is 0 Å². The van der Waals surface area contributed by atoms with Gasteiger partial charge in [-0.05, 0) is 63.3 Å². The standard InChI is InChI=1S/C23H23N3O3S/c1-23(2,3)29-22(27)26(4)20-13-10-16(15-24-20)8-6-7-9-21-25-18-12-11-17(28-5)14-19(18)30-21/h7,9-15H,1-5H3/b9-7+. The lowest BCUT2D eigenvalue weighted by Gasteiger charge is -2.24. The topological polar surface area (TPSA) is 64.5 Å². The Bertz CT molecular complexity index is 1130. The Morgan fingerprint density at radius 2 is 2.03 bits per heavy atom. The molecule has 1 aromatic carbocycles. The number of fused-ring (bicyclic) bond motifs is 1. The molecule has 0 atom stereocenters. The Hall–Kier alpha value is -3.37. The lowest BCUT2D eigenvalue weighted by molar-refractivity contribution is 0.0588. The SMILES string of the molecule is COc1ccc2nc(/C=C/C#Cc3ccc(N(C)C(=O)OC(C)(C)C)nc3)sc2c1. The third kappa shape index (κ3) is 5.58. The summed E-state index contributed by atoms with van der Waals surface area (Å²) in [5.74, 6) is 7.32. The second-order valence-electron chi connectivity index (χ2n) is 7.43. The number of amides is 1. The van der Waals surface area contributed by atoms with Gasteiger partial charge in [0.1, 0.15) is 22.2 Å². The van der Waals surface area contributed by atoms with Crippen LogP contribution in [0.4, 0.5) is 10.6 Å². The fourth-order valence-corrected chi connectivity index (χ4v) is 3.34. The van der Waals surface area contributed by atoms with Crippen molar-refractivity contribution in [2.45, 2.75) is 26.4 Å². The summed E-state index contributed by atoms with van der Waals surface area (Å²) in [6.07, 6.45) is 4.81. The zero-order chi connectivity index (χ0) is 21.7. The van der Waals surface area contributed by atoms with Crippen molar-refractivity contribution in [1.29, 1.82) is 0 Å². The maximum atomic E-state index is 12.1. The molecule has 0 aliphatic heterocycles. The molecule has 7 heteroatoms. The highest BCUT2D eigenvalue weighted by atomic mass is 32.1. The molecule has 6 nitrogen and oxygen atoms in total. The summed E-state index contributed by atoms with van der Waals surface area (Å²) in [4.78, 5) is 22.3. The number of pyridine rings is 1. The Labute approximate surface area is 180 Å². The molecule has 154 valence electrons. The van der Waals surface area contributed by atoms with Gasteiger partial charge < -0.3 is 9.47 Å². The third-order valence-corrected chi connectivity index (χ3v) is 4.88. The Kier molecular flexibility index (Phi) is 6.38. The van der Waals surface area contributed by atoms with Crippen LogP contribution in [0, 0.1) is 11.8 Å². The summed E-state index contributed by atoms with van der Waals surface area (Å²) in [6.45, 7) is 5.47. The van der Waals surface area contributed by atoms with Crippen molar-refractivity contribution in [3.05, 3.63) is 53.2 Å². The number of hydrogen-bond donors (Lipinski definition) is 0. The number of aromatic nitrogens is 2. The first-order valence-corrected chi connectivity index (χ1v) is 10.1. The molecule has 0 saturated heterocycles. The van der Waals surface area contributed by atoms with E-state index < -0.39 is 11.7 Å². The van der Waals surface area contributed by atoms with Crippen LogP contribution in [0.25, 0.3) is 16.3 Å². The predicted molar refractivity (Wildman–Crippen MR) is 121 cm³/mol. The number of carbonyl (C=O) groups is 1. The molecule has 0 saturated carbocycles.